The first-order valence-corrected chi connectivity index (χ1v) is 9.98. The van der Waals surface area contributed by atoms with E-state index < -0.39 is 0 Å². The summed E-state index contributed by atoms with van der Waals surface area (Å²) in [5, 5.41) is 4.74. The van der Waals surface area contributed by atoms with Crippen LogP contribution in [0.15, 0.2) is 59.1 Å². The number of hydrogen-bond acceptors (Lipinski definition) is 4. The van der Waals surface area contributed by atoms with Crippen molar-refractivity contribution in [1.82, 2.24) is 15.0 Å². The minimum Gasteiger partial charge on any atom is -0.342 e. The average Bonchev–Trinajstić information content (AvgIpc) is 3.23. The Kier molecular flexibility index (Phi) is 5.72. The molecule has 1 amide bonds. The third-order valence-corrected chi connectivity index (χ3v) is 5.35. The van der Waals surface area contributed by atoms with E-state index >= 15 is 0 Å². The molecule has 0 saturated carbocycles. The van der Waals surface area contributed by atoms with E-state index in [9.17, 15) is 4.79 Å². The van der Waals surface area contributed by atoms with Crippen molar-refractivity contribution in [2.45, 2.75) is 31.6 Å². The monoisotopic (exact) mass is 395 g/mol. The lowest BCUT2D eigenvalue weighted by Gasteiger charge is -2.31. The molecule has 6 heteroatoms. The van der Waals surface area contributed by atoms with Crippen LogP contribution in [-0.4, -0.2) is 34.0 Å². The van der Waals surface area contributed by atoms with Crippen molar-refractivity contribution in [2.75, 3.05) is 13.1 Å². The number of aromatic nitrogens is 2. The summed E-state index contributed by atoms with van der Waals surface area (Å²) in [6.45, 7) is 1.42. The van der Waals surface area contributed by atoms with Gasteiger partial charge in [0, 0.05) is 30.1 Å². The smallest absolute Gasteiger partial charge is 0.231 e. The summed E-state index contributed by atoms with van der Waals surface area (Å²) in [7, 11) is 0. The van der Waals surface area contributed by atoms with E-state index in [0.717, 1.165) is 31.4 Å². The molecule has 1 fully saturated rings. The number of aryl methyl sites for hydroxylation is 1. The second-order valence-corrected chi connectivity index (χ2v) is 7.57. The summed E-state index contributed by atoms with van der Waals surface area (Å²) in [4.78, 5) is 19.1. The summed E-state index contributed by atoms with van der Waals surface area (Å²) in [5.74, 6) is 1.39. The Morgan fingerprint density at radius 2 is 2.04 bits per heavy atom. The Hall–Kier alpha value is -2.66. The summed E-state index contributed by atoms with van der Waals surface area (Å²) in [6, 6.07) is 17.5. The van der Waals surface area contributed by atoms with Crippen LogP contribution < -0.4 is 0 Å². The molecule has 144 valence electrons. The van der Waals surface area contributed by atoms with Gasteiger partial charge >= 0.3 is 0 Å². The van der Waals surface area contributed by atoms with Gasteiger partial charge in [-0.15, -0.1) is 0 Å². The molecule has 1 atom stereocenters. The molecule has 2 aromatic carbocycles. The largest absolute Gasteiger partial charge is 0.342 e. The standard InChI is InChI=1S/C22H22ClN3O2/c23-19-10-4-8-17(14-19)21-24-22(28-25-21)18-9-5-13-26(15-18)20(27)12-11-16-6-2-1-3-7-16/h1-4,6-8,10,14,18H,5,9,11-13,15H2. The Bertz CT molecular complexity index is 942. The molecule has 1 unspecified atom stereocenters. The number of carbonyl (C=O) groups is 1. The molecule has 0 aliphatic carbocycles. The summed E-state index contributed by atoms with van der Waals surface area (Å²) < 4.78 is 5.51. The van der Waals surface area contributed by atoms with Crippen molar-refractivity contribution in [3.63, 3.8) is 0 Å². The van der Waals surface area contributed by atoms with Crippen LogP contribution in [0.25, 0.3) is 11.4 Å². The van der Waals surface area contributed by atoms with E-state index in [4.69, 9.17) is 16.1 Å². The third-order valence-electron chi connectivity index (χ3n) is 5.12. The van der Waals surface area contributed by atoms with Crippen molar-refractivity contribution >= 4 is 17.5 Å². The lowest BCUT2D eigenvalue weighted by atomic mass is 9.97. The van der Waals surface area contributed by atoms with E-state index in [0.29, 0.717) is 29.7 Å². The zero-order valence-corrected chi connectivity index (χ0v) is 16.3. The number of rotatable bonds is 5. The molecule has 1 saturated heterocycles. The quantitative estimate of drug-likeness (QED) is 0.626. The molecule has 28 heavy (non-hydrogen) atoms. The van der Waals surface area contributed by atoms with Crippen LogP contribution in [0.5, 0.6) is 0 Å². The van der Waals surface area contributed by atoms with Crippen LogP contribution in [-0.2, 0) is 11.2 Å². The molecule has 0 radical (unpaired) electrons. The Morgan fingerprint density at radius 1 is 1.18 bits per heavy atom. The molecule has 2 heterocycles. The summed E-state index contributed by atoms with van der Waals surface area (Å²) in [6.07, 6.45) is 3.17. The lowest BCUT2D eigenvalue weighted by Crippen LogP contribution is -2.39. The number of benzene rings is 2. The first-order chi connectivity index (χ1) is 13.7. The maximum Gasteiger partial charge on any atom is 0.231 e. The average molecular weight is 396 g/mol. The highest BCUT2D eigenvalue weighted by atomic mass is 35.5. The van der Waals surface area contributed by atoms with Gasteiger partial charge < -0.3 is 9.42 Å². The number of nitrogens with zero attached hydrogens (tertiary/aromatic N) is 3. The van der Waals surface area contributed by atoms with Gasteiger partial charge in [0.15, 0.2) is 0 Å². The maximum atomic E-state index is 12.7. The van der Waals surface area contributed by atoms with Gasteiger partial charge in [-0.3, -0.25) is 4.79 Å². The lowest BCUT2D eigenvalue weighted by molar-refractivity contribution is -0.132. The summed E-state index contributed by atoms with van der Waals surface area (Å²) in [5.41, 5.74) is 2.02. The topological polar surface area (TPSA) is 59.2 Å². The number of hydrogen-bond donors (Lipinski definition) is 0. The normalized spacial score (nSPS) is 16.9. The van der Waals surface area contributed by atoms with Crippen molar-refractivity contribution in [3.8, 4) is 11.4 Å². The highest BCUT2D eigenvalue weighted by molar-refractivity contribution is 6.30. The van der Waals surface area contributed by atoms with Crippen LogP contribution in [0.1, 0.15) is 36.6 Å². The second-order valence-electron chi connectivity index (χ2n) is 7.13. The van der Waals surface area contributed by atoms with Gasteiger partial charge in [0.05, 0.1) is 5.92 Å². The van der Waals surface area contributed by atoms with Gasteiger partial charge in [-0.25, -0.2) is 0 Å². The zero-order chi connectivity index (χ0) is 19.3. The zero-order valence-electron chi connectivity index (χ0n) is 15.6. The van der Waals surface area contributed by atoms with E-state index in [1.54, 1.807) is 0 Å². The molecule has 1 aliphatic rings. The van der Waals surface area contributed by atoms with Crippen LogP contribution in [0, 0.1) is 0 Å². The fourth-order valence-corrected chi connectivity index (χ4v) is 3.80. The highest BCUT2D eigenvalue weighted by Gasteiger charge is 2.28. The van der Waals surface area contributed by atoms with E-state index in [1.807, 2.05) is 47.4 Å². The Balaban J connectivity index is 1.39. The number of halogens is 1. The van der Waals surface area contributed by atoms with Gasteiger partial charge in [-0.2, -0.15) is 4.98 Å². The first-order valence-electron chi connectivity index (χ1n) is 9.60. The van der Waals surface area contributed by atoms with Crippen LogP contribution in [0.3, 0.4) is 0 Å². The van der Waals surface area contributed by atoms with Crippen molar-refractivity contribution < 1.29 is 9.32 Å². The highest BCUT2D eigenvalue weighted by Crippen LogP contribution is 2.28. The van der Waals surface area contributed by atoms with Gasteiger partial charge in [0.2, 0.25) is 17.6 Å². The molecular formula is C22H22ClN3O2. The van der Waals surface area contributed by atoms with Gasteiger partial charge in [0.25, 0.3) is 0 Å². The predicted octanol–water partition coefficient (Wildman–Crippen LogP) is 4.73. The van der Waals surface area contributed by atoms with Gasteiger partial charge in [0.1, 0.15) is 0 Å². The maximum absolute atomic E-state index is 12.7. The van der Waals surface area contributed by atoms with E-state index in [1.165, 1.54) is 5.56 Å². The molecular weight excluding hydrogens is 374 g/mol. The fourth-order valence-electron chi connectivity index (χ4n) is 3.61. The second kappa shape index (κ2) is 8.57. The molecule has 4 rings (SSSR count). The number of amides is 1. The Morgan fingerprint density at radius 3 is 2.86 bits per heavy atom. The Labute approximate surface area is 169 Å². The van der Waals surface area contributed by atoms with Crippen molar-refractivity contribution in [3.05, 3.63) is 71.1 Å². The van der Waals surface area contributed by atoms with Gasteiger partial charge in [-0.05, 0) is 37.0 Å². The minimum atomic E-state index is 0.0786. The molecule has 0 N–H and O–H groups in total. The first kappa shape index (κ1) is 18.7. The SMILES string of the molecule is O=C(CCc1ccccc1)N1CCCC(c2nc(-c3cccc(Cl)c3)no2)C1. The number of likely N-dealkylation sites (tertiary alicyclic amines) is 1. The molecule has 0 spiro atoms. The molecule has 0 bridgehead atoms. The predicted molar refractivity (Wildman–Crippen MR) is 108 cm³/mol. The summed E-state index contributed by atoms with van der Waals surface area (Å²) >= 11 is 6.05. The van der Waals surface area contributed by atoms with E-state index in [-0.39, 0.29) is 11.8 Å². The molecule has 5 nitrogen and oxygen atoms in total. The fraction of sp³-hybridized carbons (Fsp3) is 0.318. The van der Waals surface area contributed by atoms with Crippen molar-refractivity contribution in [1.29, 1.82) is 0 Å². The molecule has 1 aromatic heterocycles. The molecule has 1 aliphatic heterocycles. The third kappa shape index (κ3) is 4.42. The van der Waals surface area contributed by atoms with E-state index in [2.05, 4.69) is 22.3 Å². The number of carbonyl (C=O) groups excluding carboxylic acids is 1. The number of piperidine rings is 1. The minimum absolute atomic E-state index is 0.0786. The van der Waals surface area contributed by atoms with Crippen LogP contribution in [0.4, 0.5) is 0 Å². The van der Waals surface area contributed by atoms with Gasteiger partial charge in [-0.1, -0.05) is 59.2 Å². The molecule has 3 aromatic rings. The van der Waals surface area contributed by atoms with Crippen molar-refractivity contribution in [2.24, 2.45) is 0 Å². The van der Waals surface area contributed by atoms with Crippen LogP contribution >= 0.6 is 11.6 Å². The van der Waals surface area contributed by atoms with Crippen LogP contribution in [0.2, 0.25) is 5.02 Å².